The zero-order valence-corrected chi connectivity index (χ0v) is 10.0. The van der Waals surface area contributed by atoms with E-state index >= 15 is 0 Å². The second-order valence-electron chi connectivity index (χ2n) is 4.38. The normalized spacial score (nSPS) is 17.3. The van der Waals surface area contributed by atoms with E-state index in [1.807, 2.05) is 0 Å². The molecule has 0 atom stereocenters. The molecule has 0 radical (unpaired) electrons. The second kappa shape index (κ2) is 4.86. The minimum Gasteiger partial charge on any atom is -0.491 e. The summed E-state index contributed by atoms with van der Waals surface area (Å²) >= 11 is 0. The van der Waals surface area contributed by atoms with E-state index in [1.54, 1.807) is 0 Å². The number of aliphatic imine (C=N–C) groups is 1. The molecule has 0 spiro atoms. The van der Waals surface area contributed by atoms with Crippen LogP contribution in [0.25, 0.3) is 0 Å². The number of halogens is 2. The van der Waals surface area contributed by atoms with Crippen LogP contribution >= 0.6 is 0 Å². The lowest BCUT2D eigenvalue weighted by Crippen LogP contribution is -2.21. The molecule has 3 nitrogen and oxygen atoms in total. The van der Waals surface area contributed by atoms with Crippen molar-refractivity contribution in [2.75, 3.05) is 7.11 Å². The SMILES string of the molecule is COc1c(F)ccc(C2(N=C=O)CCCC2)c1F. The third kappa shape index (κ3) is 1.91. The van der Waals surface area contributed by atoms with Crippen LogP contribution in [0.3, 0.4) is 0 Å². The summed E-state index contributed by atoms with van der Waals surface area (Å²) in [5.74, 6) is -1.97. The Kier molecular flexibility index (Phi) is 3.43. The quantitative estimate of drug-likeness (QED) is 0.613. The van der Waals surface area contributed by atoms with Gasteiger partial charge >= 0.3 is 0 Å². The fourth-order valence-corrected chi connectivity index (χ4v) is 2.57. The van der Waals surface area contributed by atoms with E-state index in [9.17, 15) is 13.6 Å². The van der Waals surface area contributed by atoms with Gasteiger partial charge in [0.1, 0.15) is 5.54 Å². The molecule has 0 heterocycles. The molecule has 1 aliphatic carbocycles. The Morgan fingerprint density at radius 1 is 1.33 bits per heavy atom. The fourth-order valence-electron chi connectivity index (χ4n) is 2.57. The van der Waals surface area contributed by atoms with E-state index in [1.165, 1.54) is 19.3 Å². The van der Waals surface area contributed by atoms with Gasteiger partial charge in [-0.1, -0.05) is 18.9 Å². The van der Waals surface area contributed by atoms with E-state index < -0.39 is 22.9 Å². The Morgan fingerprint density at radius 3 is 2.56 bits per heavy atom. The zero-order valence-electron chi connectivity index (χ0n) is 10.0. The van der Waals surface area contributed by atoms with Crippen molar-refractivity contribution in [1.82, 2.24) is 0 Å². The summed E-state index contributed by atoms with van der Waals surface area (Å²) in [6.45, 7) is 0. The first-order valence-electron chi connectivity index (χ1n) is 5.76. The van der Waals surface area contributed by atoms with Crippen molar-refractivity contribution in [1.29, 1.82) is 0 Å². The number of hydrogen-bond donors (Lipinski definition) is 0. The molecule has 1 aromatic rings. The van der Waals surface area contributed by atoms with Crippen LogP contribution in [-0.2, 0) is 10.3 Å². The summed E-state index contributed by atoms with van der Waals surface area (Å²) < 4.78 is 32.3. The molecule has 1 saturated carbocycles. The molecular formula is C13H13F2NO2. The van der Waals surface area contributed by atoms with E-state index in [0.717, 1.165) is 18.9 Å². The topological polar surface area (TPSA) is 38.7 Å². The summed E-state index contributed by atoms with van der Waals surface area (Å²) in [4.78, 5) is 14.3. The number of nitrogens with zero attached hydrogens (tertiary/aromatic N) is 1. The predicted octanol–water partition coefficient (Wildman–Crippen LogP) is 3.08. The number of isocyanates is 1. The van der Waals surface area contributed by atoms with Crippen molar-refractivity contribution in [3.63, 3.8) is 0 Å². The highest BCUT2D eigenvalue weighted by Gasteiger charge is 2.39. The van der Waals surface area contributed by atoms with Crippen LogP contribution < -0.4 is 4.74 Å². The maximum Gasteiger partial charge on any atom is 0.235 e. The summed E-state index contributed by atoms with van der Waals surface area (Å²) in [6.07, 6.45) is 4.33. The van der Waals surface area contributed by atoms with Crippen molar-refractivity contribution in [3.05, 3.63) is 29.3 Å². The van der Waals surface area contributed by atoms with Crippen molar-refractivity contribution in [3.8, 4) is 5.75 Å². The zero-order chi connectivity index (χ0) is 13.2. The Bertz CT molecular complexity index is 504. The van der Waals surface area contributed by atoms with Crippen molar-refractivity contribution < 1.29 is 18.3 Å². The highest BCUT2D eigenvalue weighted by molar-refractivity contribution is 5.42. The van der Waals surface area contributed by atoms with Crippen LogP contribution in [0, 0.1) is 11.6 Å². The molecule has 0 aromatic heterocycles. The van der Waals surface area contributed by atoms with Gasteiger partial charge in [-0.2, -0.15) is 4.99 Å². The maximum atomic E-state index is 14.2. The highest BCUT2D eigenvalue weighted by atomic mass is 19.1. The van der Waals surface area contributed by atoms with Gasteiger partial charge in [0, 0.05) is 5.56 Å². The number of carbonyl (C=O) groups excluding carboxylic acids is 1. The smallest absolute Gasteiger partial charge is 0.235 e. The fraction of sp³-hybridized carbons (Fsp3) is 0.462. The van der Waals surface area contributed by atoms with Crippen molar-refractivity contribution in [2.45, 2.75) is 31.2 Å². The number of hydrogen-bond acceptors (Lipinski definition) is 3. The highest BCUT2D eigenvalue weighted by Crippen LogP contribution is 2.44. The molecule has 0 unspecified atom stereocenters. The Hall–Kier alpha value is -1.74. The minimum absolute atomic E-state index is 0.210. The van der Waals surface area contributed by atoms with E-state index in [2.05, 4.69) is 4.99 Å². The first-order valence-corrected chi connectivity index (χ1v) is 5.76. The third-order valence-electron chi connectivity index (χ3n) is 3.44. The van der Waals surface area contributed by atoms with Crippen LogP contribution in [0.5, 0.6) is 5.75 Å². The maximum absolute atomic E-state index is 14.2. The number of methoxy groups -OCH3 is 1. The molecule has 1 aromatic carbocycles. The molecule has 0 N–H and O–H groups in total. The van der Waals surface area contributed by atoms with E-state index in [0.29, 0.717) is 12.8 Å². The first-order chi connectivity index (χ1) is 8.64. The summed E-state index contributed by atoms with van der Waals surface area (Å²) in [5, 5.41) is 0. The summed E-state index contributed by atoms with van der Waals surface area (Å²) in [6, 6.07) is 2.47. The van der Waals surface area contributed by atoms with Crippen LogP contribution in [-0.4, -0.2) is 13.2 Å². The Morgan fingerprint density at radius 2 is 2.00 bits per heavy atom. The van der Waals surface area contributed by atoms with Crippen LogP contribution in [0.2, 0.25) is 0 Å². The Labute approximate surface area is 103 Å². The average molecular weight is 253 g/mol. The number of ether oxygens (including phenoxy) is 1. The molecule has 0 amide bonds. The first kappa shape index (κ1) is 12.7. The lowest BCUT2D eigenvalue weighted by Gasteiger charge is -2.24. The third-order valence-corrected chi connectivity index (χ3v) is 3.44. The van der Waals surface area contributed by atoms with Crippen LogP contribution in [0.15, 0.2) is 17.1 Å². The van der Waals surface area contributed by atoms with Gasteiger partial charge in [0.25, 0.3) is 0 Å². The van der Waals surface area contributed by atoms with Gasteiger partial charge < -0.3 is 4.74 Å². The van der Waals surface area contributed by atoms with Gasteiger partial charge in [0.2, 0.25) is 6.08 Å². The molecule has 5 heteroatoms. The van der Waals surface area contributed by atoms with Crippen molar-refractivity contribution in [2.24, 2.45) is 4.99 Å². The van der Waals surface area contributed by atoms with Gasteiger partial charge in [-0.15, -0.1) is 0 Å². The minimum atomic E-state index is -0.910. The van der Waals surface area contributed by atoms with Gasteiger partial charge in [-0.05, 0) is 18.9 Å². The second-order valence-corrected chi connectivity index (χ2v) is 4.38. The van der Waals surface area contributed by atoms with E-state index in [-0.39, 0.29) is 5.56 Å². The molecule has 2 rings (SSSR count). The van der Waals surface area contributed by atoms with Crippen molar-refractivity contribution >= 4 is 6.08 Å². The molecule has 0 aliphatic heterocycles. The number of rotatable bonds is 3. The summed E-state index contributed by atoms with van der Waals surface area (Å²) in [5.41, 5.74) is -0.700. The molecule has 1 aliphatic rings. The monoisotopic (exact) mass is 253 g/mol. The molecule has 1 fully saturated rings. The molecule has 0 saturated heterocycles. The van der Waals surface area contributed by atoms with Gasteiger partial charge in [0.05, 0.1) is 7.11 Å². The van der Waals surface area contributed by atoms with E-state index in [4.69, 9.17) is 4.74 Å². The lowest BCUT2D eigenvalue weighted by atomic mass is 9.88. The average Bonchev–Trinajstić information content (AvgIpc) is 2.79. The summed E-state index contributed by atoms with van der Waals surface area (Å²) in [7, 11) is 1.20. The lowest BCUT2D eigenvalue weighted by molar-refractivity contribution is 0.346. The standard InChI is InChI=1S/C13H13F2NO2/c1-18-12-10(14)5-4-9(11(12)15)13(16-8-17)6-2-3-7-13/h4-5H,2-3,6-7H2,1H3. The molecular weight excluding hydrogens is 240 g/mol. The Balaban J connectivity index is 2.59. The van der Waals surface area contributed by atoms with Gasteiger partial charge in [0.15, 0.2) is 17.4 Å². The van der Waals surface area contributed by atoms with Crippen LogP contribution in [0.4, 0.5) is 8.78 Å². The molecule has 96 valence electrons. The molecule has 0 bridgehead atoms. The van der Waals surface area contributed by atoms with Gasteiger partial charge in [-0.3, -0.25) is 0 Å². The number of benzene rings is 1. The largest absolute Gasteiger partial charge is 0.491 e. The predicted molar refractivity (Wildman–Crippen MR) is 61.2 cm³/mol. The van der Waals surface area contributed by atoms with Gasteiger partial charge in [-0.25, -0.2) is 13.6 Å². The van der Waals surface area contributed by atoms with Crippen LogP contribution in [0.1, 0.15) is 31.2 Å². The molecule has 18 heavy (non-hydrogen) atoms.